The van der Waals surface area contributed by atoms with Gasteiger partial charge in [0.2, 0.25) is 11.8 Å². The van der Waals surface area contributed by atoms with Crippen LogP contribution in [0.3, 0.4) is 0 Å². The maximum Gasteiger partial charge on any atom is 0.262 e. The SMILES string of the molecule is NC1CCC2CN(Cc3ccc4c(c3)C(=O)N(C3CCC(=O)NC3=O)C4=O)CC12. The Morgan fingerprint density at radius 2 is 1.79 bits per heavy atom. The molecule has 4 aliphatic rings. The second-order valence-corrected chi connectivity index (χ2v) is 8.69. The monoisotopic (exact) mass is 396 g/mol. The van der Waals surface area contributed by atoms with Crippen molar-refractivity contribution < 1.29 is 19.2 Å². The predicted octanol–water partition coefficient (Wildman–Crippen LogP) is 0.257. The Morgan fingerprint density at radius 3 is 2.55 bits per heavy atom. The summed E-state index contributed by atoms with van der Waals surface area (Å²) < 4.78 is 0. The summed E-state index contributed by atoms with van der Waals surface area (Å²) in [7, 11) is 0. The molecule has 1 saturated carbocycles. The Morgan fingerprint density at radius 1 is 1.00 bits per heavy atom. The van der Waals surface area contributed by atoms with Crippen LogP contribution in [0.4, 0.5) is 0 Å². The highest BCUT2D eigenvalue weighted by Crippen LogP contribution is 2.38. The molecule has 0 radical (unpaired) electrons. The van der Waals surface area contributed by atoms with Gasteiger partial charge in [0.25, 0.3) is 11.8 Å². The number of hydrogen-bond donors (Lipinski definition) is 2. The number of piperidine rings is 1. The van der Waals surface area contributed by atoms with Crippen molar-refractivity contribution in [3.05, 3.63) is 34.9 Å². The Balaban J connectivity index is 1.33. The van der Waals surface area contributed by atoms with Gasteiger partial charge >= 0.3 is 0 Å². The first-order valence-electron chi connectivity index (χ1n) is 10.2. The molecule has 0 bridgehead atoms. The second kappa shape index (κ2) is 6.74. The van der Waals surface area contributed by atoms with E-state index >= 15 is 0 Å². The molecule has 0 spiro atoms. The van der Waals surface area contributed by atoms with Crippen molar-refractivity contribution in [3.8, 4) is 0 Å². The zero-order valence-corrected chi connectivity index (χ0v) is 16.1. The molecular formula is C21H24N4O4. The minimum absolute atomic E-state index is 0.120. The van der Waals surface area contributed by atoms with Crippen LogP contribution in [0.1, 0.15) is 52.0 Å². The fourth-order valence-electron chi connectivity index (χ4n) is 5.40. The highest BCUT2D eigenvalue weighted by molar-refractivity contribution is 6.23. The number of imide groups is 2. The first-order chi connectivity index (χ1) is 13.9. The summed E-state index contributed by atoms with van der Waals surface area (Å²) in [5.41, 5.74) is 7.86. The number of fused-ring (bicyclic) bond motifs is 2. The smallest absolute Gasteiger partial charge is 0.262 e. The fourth-order valence-corrected chi connectivity index (χ4v) is 5.40. The summed E-state index contributed by atoms with van der Waals surface area (Å²) in [6.45, 7) is 2.70. The minimum Gasteiger partial charge on any atom is -0.327 e. The predicted molar refractivity (Wildman–Crippen MR) is 103 cm³/mol. The van der Waals surface area contributed by atoms with Crippen LogP contribution in [0.25, 0.3) is 0 Å². The van der Waals surface area contributed by atoms with E-state index in [4.69, 9.17) is 5.73 Å². The van der Waals surface area contributed by atoms with Gasteiger partial charge in [0.15, 0.2) is 0 Å². The number of hydrogen-bond acceptors (Lipinski definition) is 6. The van der Waals surface area contributed by atoms with Gasteiger partial charge in [0.05, 0.1) is 11.1 Å². The summed E-state index contributed by atoms with van der Waals surface area (Å²) >= 11 is 0. The van der Waals surface area contributed by atoms with Gasteiger partial charge in [0, 0.05) is 32.1 Å². The van der Waals surface area contributed by atoms with Crippen molar-refractivity contribution in [1.29, 1.82) is 0 Å². The van der Waals surface area contributed by atoms with E-state index in [1.807, 2.05) is 6.07 Å². The molecule has 2 saturated heterocycles. The molecule has 4 amide bonds. The summed E-state index contributed by atoms with van der Waals surface area (Å²) in [4.78, 5) is 52.6. The molecule has 3 heterocycles. The van der Waals surface area contributed by atoms with Crippen LogP contribution in [0.15, 0.2) is 18.2 Å². The van der Waals surface area contributed by atoms with Gasteiger partial charge in [-0.25, -0.2) is 0 Å². The topological polar surface area (TPSA) is 113 Å². The zero-order chi connectivity index (χ0) is 20.3. The van der Waals surface area contributed by atoms with Crippen LogP contribution in [0, 0.1) is 11.8 Å². The number of rotatable bonds is 3. The van der Waals surface area contributed by atoms with Crippen molar-refractivity contribution >= 4 is 23.6 Å². The lowest BCUT2D eigenvalue weighted by Gasteiger charge is -2.27. The van der Waals surface area contributed by atoms with Gasteiger partial charge in [-0.2, -0.15) is 0 Å². The average molecular weight is 396 g/mol. The Hall–Kier alpha value is -2.58. The number of nitrogens with two attached hydrogens (primary N) is 1. The summed E-state index contributed by atoms with van der Waals surface area (Å²) in [5, 5.41) is 2.22. The number of carbonyl (C=O) groups is 4. The van der Waals surface area contributed by atoms with Crippen LogP contribution >= 0.6 is 0 Å². The van der Waals surface area contributed by atoms with E-state index in [1.165, 1.54) is 6.42 Å². The van der Waals surface area contributed by atoms with Gasteiger partial charge in [-0.1, -0.05) is 6.07 Å². The molecule has 8 nitrogen and oxygen atoms in total. The third-order valence-electron chi connectivity index (χ3n) is 6.90. The largest absolute Gasteiger partial charge is 0.327 e. The quantitative estimate of drug-likeness (QED) is 0.709. The van der Waals surface area contributed by atoms with Crippen LogP contribution < -0.4 is 11.1 Å². The molecule has 152 valence electrons. The molecule has 1 aromatic rings. The van der Waals surface area contributed by atoms with Crippen LogP contribution in [-0.2, 0) is 16.1 Å². The molecule has 3 fully saturated rings. The Labute approximate surface area is 168 Å². The maximum absolute atomic E-state index is 12.9. The van der Waals surface area contributed by atoms with Crippen molar-refractivity contribution in [2.45, 2.75) is 44.3 Å². The first kappa shape index (κ1) is 18.4. The van der Waals surface area contributed by atoms with Gasteiger partial charge in [-0.15, -0.1) is 0 Å². The van der Waals surface area contributed by atoms with Gasteiger partial charge < -0.3 is 5.73 Å². The summed E-state index contributed by atoms with van der Waals surface area (Å²) in [6, 6.07) is 4.69. The highest BCUT2D eigenvalue weighted by Gasteiger charge is 2.45. The van der Waals surface area contributed by atoms with E-state index in [1.54, 1.807) is 12.1 Å². The average Bonchev–Trinajstić information content (AvgIpc) is 3.31. The molecule has 0 aromatic heterocycles. The third-order valence-corrected chi connectivity index (χ3v) is 6.90. The zero-order valence-electron chi connectivity index (χ0n) is 16.1. The first-order valence-corrected chi connectivity index (χ1v) is 10.2. The number of nitrogens with zero attached hydrogens (tertiary/aromatic N) is 2. The number of amides is 4. The standard InChI is InChI=1S/C21H24N4O4/c22-16-4-2-12-9-24(10-15(12)16)8-11-1-3-13-14(7-11)21(29)25(20(13)28)17-5-6-18(26)23-19(17)27/h1,3,7,12,15-17H,2,4-6,8-10,22H2,(H,23,26,27). The third kappa shape index (κ3) is 2.98. The van der Waals surface area contributed by atoms with Gasteiger partial charge in [0.1, 0.15) is 6.04 Å². The molecule has 29 heavy (non-hydrogen) atoms. The molecule has 1 aliphatic carbocycles. The van der Waals surface area contributed by atoms with E-state index in [0.717, 1.165) is 30.0 Å². The molecule has 3 aliphatic heterocycles. The summed E-state index contributed by atoms with van der Waals surface area (Å²) in [6.07, 6.45) is 2.57. The molecule has 1 aromatic carbocycles. The van der Waals surface area contributed by atoms with Crippen LogP contribution in [-0.4, -0.2) is 58.6 Å². The fraction of sp³-hybridized carbons (Fsp3) is 0.524. The van der Waals surface area contributed by atoms with Gasteiger partial charge in [-0.3, -0.25) is 34.3 Å². The van der Waals surface area contributed by atoms with Crippen LogP contribution in [0.5, 0.6) is 0 Å². The van der Waals surface area contributed by atoms with Crippen molar-refractivity contribution in [3.63, 3.8) is 0 Å². The van der Waals surface area contributed by atoms with Crippen LogP contribution in [0.2, 0.25) is 0 Å². The normalized spacial score (nSPS) is 32.0. The molecule has 4 atom stereocenters. The lowest BCUT2D eigenvalue weighted by atomic mass is 9.98. The Kier molecular flexibility index (Phi) is 4.29. The molecule has 3 N–H and O–H groups in total. The lowest BCUT2D eigenvalue weighted by Crippen LogP contribution is -2.54. The molecule has 8 heteroatoms. The van der Waals surface area contributed by atoms with Gasteiger partial charge in [-0.05, 0) is 48.8 Å². The van der Waals surface area contributed by atoms with E-state index < -0.39 is 23.8 Å². The van der Waals surface area contributed by atoms with E-state index in [0.29, 0.717) is 29.5 Å². The highest BCUT2D eigenvalue weighted by atomic mass is 16.2. The molecular weight excluding hydrogens is 372 g/mol. The second-order valence-electron chi connectivity index (χ2n) is 8.69. The number of nitrogens with one attached hydrogen (secondary N) is 1. The maximum atomic E-state index is 12.9. The van der Waals surface area contributed by atoms with Crippen molar-refractivity contribution in [2.75, 3.05) is 13.1 Å². The Bertz CT molecular complexity index is 929. The number of likely N-dealkylation sites (tertiary alicyclic amines) is 1. The number of benzene rings is 1. The van der Waals surface area contributed by atoms with E-state index in [2.05, 4.69) is 10.2 Å². The molecule has 4 unspecified atom stereocenters. The van der Waals surface area contributed by atoms with E-state index in [-0.39, 0.29) is 24.8 Å². The molecule has 5 rings (SSSR count). The van der Waals surface area contributed by atoms with E-state index in [9.17, 15) is 19.2 Å². The summed E-state index contributed by atoms with van der Waals surface area (Å²) in [5.74, 6) is -0.674. The van der Waals surface area contributed by atoms with Crippen molar-refractivity contribution in [1.82, 2.24) is 15.1 Å². The van der Waals surface area contributed by atoms with Crippen molar-refractivity contribution in [2.24, 2.45) is 17.6 Å². The lowest BCUT2D eigenvalue weighted by molar-refractivity contribution is -0.136. The number of carbonyl (C=O) groups excluding carboxylic acids is 4. The minimum atomic E-state index is -0.928.